The third kappa shape index (κ3) is 0.824. The van der Waals surface area contributed by atoms with Crippen molar-refractivity contribution < 1.29 is 0 Å². The predicted octanol–water partition coefficient (Wildman–Crippen LogP) is 2.46. The summed E-state index contributed by atoms with van der Waals surface area (Å²) in [5.74, 6) is 0. The fraction of sp³-hybridized carbons (Fsp3) is 0.333. The highest BCUT2D eigenvalue weighted by Gasteiger charge is 2.45. The lowest BCUT2D eigenvalue weighted by atomic mass is 11.8. The molecular formula is C3H5NP4. The van der Waals surface area contributed by atoms with Gasteiger partial charge in [0.2, 0.25) is 0 Å². The summed E-state index contributed by atoms with van der Waals surface area (Å²) in [5.41, 5.74) is 10.5. The minimum atomic E-state index is 0.0238. The van der Waals surface area contributed by atoms with E-state index in [9.17, 15) is 0 Å². The van der Waals surface area contributed by atoms with Crippen molar-refractivity contribution in [3.8, 4) is 0 Å². The van der Waals surface area contributed by atoms with E-state index >= 15 is 0 Å². The van der Waals surface area contributed by atoms with Gasteiger partial charge >= 0.3 is 0 Å². The summed E-state index contributed by atoms with van der Waals surface area (Å²) in [7, 11) is 3.26. The summed E-state index contributed by atoms with van der Waals surface area (Å²) >= 11 is 0. The van der Waals surface area contributed by atoms with Crippen molar-refractivity contribution in [1.29, 1.82) is 0 Å². The molecule has 5 heteroatoms. The fourth-order valence-electron chi connectivity index (χ4n) is 0.640. The maximum absolute atomic E-state index is 5.80. The molecule has 1 nitrogen and oxygen atoms in total. The van der Waals surface area contributed by atoms with Crippen LogP contribution < -0.4 is 5.50 Å². The molecule has 2 aliphatic rings. The molecule has 0 aromatic heterocycles. The summed E-state index contributed by atoms with van der Waals surface area (Å²) in [6, 6.07) is 0. The van der Waals surface area contributed by atoms with Crippen molar-refractivity contribution >= 4 is 42.9 Å². The van der Waals surface area contributed by atoms with E-state index in [2.05, 4.69) is 11.1 Å². The van der Waals surface area contributed by atoms with Crippen LogP contribution in [0, 0.1) is 0 Å². The molecule has 0 aromatic carbocycles. The van der Waals surface area contributed by atoms with Crippen LogP contribution in [-0.2, 0) is 0 Å². The van der Waals surface area contributed by atoms with Gasteiger partial charge in [-0.1, -0.05) is 16.4 Å². The SMILES string of the molecule is NP1C2P=CP=CP21. The molecule has 42 valence electrons. The highest BCUT2D eigenvalue weighted by Crippen LogP contribution is 2.94. The van der Waals surface area contributed by atoms with Crippen LogP contribution in [0.5, 0.6) is 0 Å². The number of fused-ring (bicyclic) bond motifs is 1. The van der Waals surface area contributed by atoms with Gasteiger partial charge in [0.05, 0.1) is 5.14 Å². The first-order valence-electron chi connectivity index (χ1n) is 2.27. The molecule has 3 atom stereocenters. The lowest BCUT2D eigenvalue weighted by molar-refractivity contribution is 1.94. The zero-order chi connectivity index (χ0) is 5.56. The molecule has 8 heavy (non-hydrogen) atoms. The Bertz CT molecular complexity index is 147. The molecule has 0 aliphatic carbocycles. The molecule has 1 fully saturated rings. The first-order valence-corrected chi connectivity index (χ1v) is 8.00. The Morgan fingerprint density at radius 1 is 1.62 bits per heavy atom. The van der Waals surface area contributed by atoms with E-state index in [1.54, 1.807) is 0 Å². The zero-order valence-electron chi connectivity index (χ0n) is 4.10. The Morgan fingerprint density at radius 3 is 3.00 bits per heavy atom. The molecule has 1 saturated heterocycles. The van der Waals surface area contributed by atoms with Crippen LogP contribution in [0.2, 0.25) is 0 Å². The van der Waals surface area contributed by atoms with Gasteiger partial charge in [-0.2, -0.15) is 0 Å². The Kier molecular flexibility index (Phi) is 1.54. The van der Waals surface area contributed by atoms with Crippen LogP contribution in [0.3, 0.4) is 0 Å². The highest BCUT2D eigenvalue weighted by molar-refractivity contribution is 8.56. The molecule has 2 rings (SSSR count). The standard InChI is InChI=1S/C3H5NP4/c4-8-3-6-1-5-2-7(3)8/h1-3H,4H2. The molecule has 0 aromatic rings. The molecule has 2 heterocycles. The van der Waals surface area contributed by atoms with Gasteiger partial charge in [-0.15, -0.1) is 0 Å². The van der Waals surface area contributed by atoms with Gasteiger partial charge in [0.15, 0.2) is 0 Å². The van der Waals surface area contributed by atoms with Crippen molar-refractivity contribution in [3.63, 3.8) is 0 Å². The van der Waals surface area contributed by atoms with E-state index < -0.39 is 0 Å². The largest absolute Gasteiger partial charge is 0.305 e. The highest BCUT2D eigenvalue weighted by atomic mass is 32.1. The maximum Gasteiger partial charge on any atom is 0.0673 e. The quantitative estimate of drug-likeness (QED) is 0.567. The minimum Gasteiger partial charge on any atom is -0.305 e. The summed E-state index contributed by atoms with van der Waals surface area (Å²) in [5, 5.41) is 0.932. The second kappa shape index (κ2) is 2.09. The number of hydrogen-bond donors (Lipinski definition) is 1. The summed E-state index contributed by atoms with van der Waals surface area (Å²) in [4.78, 5) is 0. The Labute approximate surface area is 54.1 Å². The molecule has 2 aliphatic heterocycles. The van der Waals surface area contributed by atoms with Crippen molar-refractivity contribution in [2.45, 2.75) is 5.14 Å². The zero-order valence-corrected chi connectivity index (χ0v) is 7.68. The van der Waals surface area contributed by atoms with Crippen molar-refractivity contribution in [2.75, 3.05) is 0 Å². The molecule has 0 saturated carbocycles. The van der Waals surface area contributed by atoms with Gasteiger partial charge < -0.3 is 5.50 Å². The van der Waals surface area contributed by atoms with E-state index in [1.165, 1.54) is 16.4 Å². The van der Waals surface area contributed by atoms with E-state index in [0.29, 0.717) is 0 Å². The molecule has 0 amide bonds. The van der Waals surface area contributed by atoms with Crippen LogP contribution in [0.1, 0.15) is 0 Å². The third-order valence-electron chi connectivity index (χ3n) is 1.14. The average Bonchev–Trinajstić information content (AvgIpc) is 2.46. The van der Waals surface area contributed by atoms with Gasteiger partial charge in [0.1, 0.15) is 0 Å². The van der Waals surface area contributed by atoms with Gasteiger partial charge in [0, 0.05) is 7.76 Å². The summed E-state index contributed by atoms with van der Waals surface area (Å²) < 4.78 is 0. The number of nitrogens with two attached hydrogens (primary N) is 1. The van der Waals surface area contributed by atoms with Crippen molar-refractivity contribution in [1.82, 2.24) is 0 Å². The van der Waals surface area contributed by atoms with E-state index in [4.69, 9.17) is 5.50 Å². The van der Waals surface area contributed by atoms with Crippen molar-refractivity contribution in [3.05, 3.63) is 0 Å². The van der Waals surface area contributed by atoms with Gasteiger partial charge in [0.25, 0.3) is 0 Å². The van der Waals surface area contributed by atoms with Crippen LogP contribution in [0.15, 0.2) is 0 Å². The van der Waals surface area contributed by atoms with Crippen LogP contribution in [-0.4, -0.2) is 16.2 Å². The summed E-state index contributed by atoms with van der Waals surface area (Å²) in [6.07, 6.45) is 0. The number of hydrogen-bond acceptors (Lipinski definition) is 1. The fourth-order valence-corrected chi connectivity index (χ4v) is 13.8. The molecule has 0 bridgehead atoms. The second-order valence-electron chi connectivity index (χ2n) is 1.64. The molecule has 3 unspecified atom stereocenters. The lowest BCUT2D eigenvalue weighted by Gasteiger charge is -1.84. The lowest BCUT2D eigenvalue weighted by Crippen LogP contribution is -1.68. The first kappa shape index (κ1) is 5.91. The second-order valence-corrected chi connectivity index (χ2v) is 11.1. The first-order chi connectivity index (χ1) is 3.89. The third-order valence-corrected chi connectivity index (χ3v) is 13.0. The smallest absolute Gasteiger partial charge is 0.0673 e. The van der Waals surface area contributed by atoms with Gasteiger partial charge in [-0.3, -0.25) is 0 Å². The topological polar surface area (TPSA) is 26.0 Å². The Morgan fingerprint density at radius 2 is 2.50 bits per heavy atom. The maximum atomic E-state index is 5.80. The predicted molar refractivity (Wildman–Crippen MR) is 47.8 cm³/mol. The summed E-state index contributed by atoms with van der Waals surface area (Å²) in [6.45, 7) is 0. The van der Waals surface area contributed by atoms with Crippen LogP contribution in [0.4, 0.5) is 0 Å². The minimum absolute atomic E-state index is 0.0238. The normalized spacial score (nSPS) is 52.9. The average molecular weight is 179 g/mol. The van der Waals surface area contributed by atoms with Gasteiger partial charge in [-0.25, -0.2) is 0 Å². The monoisotopic (exact) mass is 179 g/mol. The Balaban J connectivity index is 2.23. The van der Waals surface area contributed by atoms with E-state index in [0.717, 1.165) is 5.14 Å². The van der Waals surface area contributed by atoms with E-state index in [-0.39, 0.29) is 15.4 Å². The van der Waals surface area contributed by atoms with Crippen molar-refractivity contribution in [2.24, 2.45) is 5.50 Å². The molecular weight excluding hydrogens is 174 g/mol. The van der Waals surface area contributed by atoms with Gasteiger partial charge in [-0.05, 0) is 18.7 Å². The van der Waals surface area contributed by atoms with Crippen LogP contribution in [0.25, 0.3) is 0 Å². The van der Waals surface area contributed by atoms with E-state index in [1.807, 2.05) is 0 Å². The van der Waals surface area contributed by atoms with Crippen LogP contribution >= 0.6 is 31.8 Å². The number of rotatable bonds is 0. The molecule has 2 N–H and O–H groups in total. The molecule has 0 spiro atoms. The molecule has 0 radical (unpaired) electrons. The Hall–Kier alpha value is 1.16.